The van der Waals surface area contributed by atoms with Crippen LogP contribution in [0.2, 0.25) is 0 Å². The van der Waals surface area contributed by atoms with Gasteiger partial charge < -0.3 is 114 Å². The van der Waals surface area contributed by atoms with Crippen molar-refractivity contribution in [3.63, 3.8) is 0 Å². The summed E-state index contributed by atoms with van der Waals surface area (Å²) in [5.41, 5.74) is 0. The molecule has 0 unspecified atom stereocenters. The van der Waals surface area contributed by atoms with Crippen LogP contribution in [-0.2, 0) is 57.0 Å². The number of aliphatic hydroxyl groups excluding tert-OH is 11. The molecule has 7 heterocycles. The first-order chi connectivity index (χ1) is 27.9. The molecule has 7 fully saturated rings. The zero-order valence-corrected chi connectivity index (χ0v) is 32.4. The highest BCUT2D eigenvalue weighted by Gasteiger charge is 2.59. The van der Waals surface area contributed by atoms with Crippen molar-refractivity contribution in [3.8, 4) is 0 Å². The fraction of sp³-hybridized carbons (Fsp3) is 0.941. The summed E-state index contributed by atoms with van der Waals surface area (Å²) >= 11 is 0. The molecule has 0 radical (unpaired) electrons. The van der Waals surface area contributed by atoms with Gasteiger partial charge in [-0.15, -0.1) is 0 Å². The van der Waals surface area contributed by atoms with Crippen molar-refractivity contribution >= 4 is 11.8 Å². The Morgan fingerprint density at radius 1 is 0.458 bits per heavy atom. The first-order valence-electron chi connectivity index (χ1n) is 19.3. The third kappa shape index (κ3) is 9.41. The molecular weight excluding hydrogens is 804 g/mol. The Kier molecular flexibility index (Phi) is 15.2. The number of carbonyl (C=O) groups excluding carboxylic acids is 2. The van der Waals surface area contributed by atoms with E-state index in [0.717, 1.165) is 6.92 Å². The minimum absolute atomic E-state index is 0.604. The van der Waals surface area contributed by atoms with E-state index in [4.69, 9.17) is 47.4 Å². The lowest BCUT2D eigenvalue weighted by atomic mass is 9.93. The maximum Gasteiger partial charge on any atom is 0.217 e. The first-order valence-corrected chi connectivity index (χ1v) is 19.3. The predicted octanol–water partition coefficient (Wildman–Crippen LogP) is -8.54. The lowest BCUT2D eigenvalue weighted by Gasteiger charge is -2.53. The molecular formula is C34H56N2O23. The monoisotopic (exact) mass is 860 g/mol. The van der Waals surface area contributed by atoms with Gasteiger partial charge in [0.05, 0.1) is 38.1 Å². The Hall–Kier alpha value is -1.90. The highest BCUT2D eigenvalue weighted by molar-refractivity contribution is 5.73. The van der Waals surface area contributed by atoms with Gasteiger partial charge in [-0.1, -0.05) is 0 Å². The lowest BCUT2D eigenvalue weighted by molar-refractivity contribution is -0.412. The summed E-state index contributed by atoms with van der Waals surface area (Å²) in [4.78, 5) is 25.1. The van der Waals surface area contributed by atoms with Crippen LogP contribution in [0.5, 0.6) is 0 Å². The molecule has 7 aliphatic rings. The normalized spacial score (nSPS) is 51.9. The molecule has 0 aromatic rings. The third-order valence-corrected chi connectivity index (χ3v) is 11.3. The number of hydrogen-bond acceptors (Lipinski definition) is 23. The molecule has 25 atom stereocenters. The summed E-state index contributed by atoms with van der Waals surface area (Å²) in [6.07, 6.45) is -39.9. The Morgan fingerprint density at radius 2 is 0.966 bits per heavy atom. The molecule has 7 saturated heterocycles. The van der Waals surface area contributed by atoms with Gasteiger partial charge in [0.1, 0.15) is 104 Å². The van der Waals surface area contributed by atoms with Crippen molar-refractivity contribution in [2.45, 2.75) is 181 Å². The summed E-state index contributed by atoms with van der Waals surface area (Å²) < 4.78 is 60.0. The molecule has 7 rings (SSSR count). The van der Waals surface area contributed by atoms with E-state index in [2.05, 4.69) is 10.6 Å². The van der Waals surface area contributed by atoms with Crippen molar-refractivity contribution < 1.29 is 113 Å². The number of ether oxygens (including phenoxy) is 10. The van der Waals surface area contributed by atoms with Gasteiger partial charge in [-0.25, -0.2) is 0 Å². The van der Waals surface area contributed by atoms with E-state index in [1.165, 1.54) is 20.8 Å². The second-order valence-corrected chi connectivity index (χ2v) is 15.5. The van der Waals surface area contributed by atoms with Crippen molar-refractivity contribution in [2.75, 3.05) is 19.8 Å². The Bertz CT molecular complexity index is 1420. The summed E-state index contributed by atoms with van der Waals surface area (Å²) in [7, 11) is 0. The van der Waals surface area contributed by atoms with Gasteiger partial charge in [0.2, 0.25) is 11.8 Å². The average molecular weight is 861 g/mol. The van der Waals surface area contributed by atoms with E-state index in [1.54, 1.807) is 0 Å². The SMILES string of the molecule is CC(=O)N[C@H]1[C@H]2O[C@@H]3[C@@H](O)[C@H](O[C@@H]4[C@@H](O[C@@H]5[C@H](O)[C@@H](O)[C@H](O[C@H]1[C@@H](O)[C@@H](CO)O2)O[C@@H]5CO)O[C@H](CO)[C@@H](O)[C@@H]4O[C@@H]1O[C@@H](C)[C@H](O)[C@@H](O)[C@H]1O)O[C@H](C)[C@H]3NC(C)=O. The number of fused-ring (bicyclic) bond motifs is 2. The second-order valence-electron chi connectivity index (χ2n) is 15.5. The van der Waals surface area contributed by atoms with Gasteiger partial charge in [0, 0.05) is 13.8 Å². The molecule has 340 valence electrons. The molecule has 0 aliphatic carbocycles. The fourth-order valence-corrected chi connectivity index (χ4v) is 8.14. The van der Waals surface area contributed by atoms with Gasteiger partial charge in [0.25, 0.3) is 0 Å². The van der Waals surface area contributed by atoms with Gasteiger partial charge in [-0.3, -0.25) is 9.59 Å². The summed E-state index contributed by atoms with van der Waals surface area (Å²) in [5.74, 6) is -1.32. The van der Waals surface area contributed by atoms with Crippen LogP contribution in [0.4, 0.5) is 0 Å². The number of aliphatic hydroxyl groups is 11. The van der Waals surface area contributed by atoms with Crippen LogP contribution in [0, 0.1) is 0 Å². The Labute approximate surface area is 336 Å². The van der Waals surface area contributed by atoms with Gasteiger partial charge >= 0.3 is 0 Å². The van der Waals surface area contributed by atoms with Gasteiger partial charge in [-0.05, 0) is 13.8 Å². The number of hydrogen-bond donors (Lipinski definition) is 13. The van der Waals surface area contributed by atoms with E-state index >= 15 is 0 Å². The van der Waals surface area contributed by atoms with Crippen LogP contribution in [-0.4, -0.2) is 241 Å². The van der Waals surface area contributed by atoms with Crippen LogP contribution in [0.3, 0.4) is 0 Å². The predicted molar refractivity (Wildman–Crippen MR) is 184 cm³/mol. The number of rotatable bonds is 7. The number of carbonyl (C=O) groups is 2. The standard InChI is InChI=1S/C34H56N2O23/c1-8-15(35-10(3)40)26-24(49)33(50-8)59-29-28(58-31-22(47)20(45)17(42)9(2)51-31)19(44)13(6-38)53-34(29)55-25-14(7-39)54-32(23(48)21(25)46)57-27-16(36-11(4)41)30(56-26)52-12(5-37)18(27)43/h8-9,12-34,37-39,42-49H,5-7H2,1-4H3,(H,35,40)(H,36,41)/t8-,9+,12-,13-,14-,15-,16-,17+,18+,19-,20-,21-,22-,23-,24-,25+,26+,27-,28+,29+,30-,31+,32+,33+,34-/m1/s1. The molecule has 0 saturated carbocycles. The maximum atomic E-state index is 12.6. The second kappa shape index (κ2) is 19.2. The highest BCUT2D eigenvalue weighted by atomic mass is 16.8. The zero-order valence-electron chi connectivity index (χ0n) is 32.4. The number of amides is 2. The molecule has 2 amide bonds. The lowest BCUT2D eigenvalue weighted by Crippen LogP contribution is -2.72. The van der Waals surface area contributed by atoms with E-state index in [0.29, 0.717) is 0 Å². The van der Waals surface area contributed by atoms with Crippen LogP contribution in [0.25, 0.3) is 0 Å². The van der Waals surface area contributed by atoms with Crippen LogP contribution >= 0.6 is 0 Å². The Morgan fingerprint density at radius 3 is 1.59 bits per heavy atom. The maximum absolute atomic E-state index is 12.6. The molecule has 0 aromatic carbocycles. The minimum atomic E-state index is -2.06. The van der Waals surface area contributed by atoms with Crippen molar-refractivity contribution in [3.05, 3.63) is 0 Å². The molecule has 6 bridgehead atoms. The largest absolute Gasteiger partial charge is 0.394 e. The summed E-state index contributed by atoms with van der Waals surface area (Å²) in [5, 5.41) is 126. The van der Waals surface area contributed by atoms with E-state index in [9.17, 15) is 65.8 Å². The van der Waals surface area contributed by atoms with E-state index in [1.807, 2.05) is 0 Å². The molecule has 13 N–H and O–H groups in total. The summed E-state index contributed by atoms with van der Waals surface area (Å²) in [6, 6.07) is -2.75. The third-order valence-electron chi connectivity index (χ3n) is 11.3. The zero-order chi connectivity index (χ0) is 43.2. The minimum Gasteiger partial charge on any atom is -0.394 e. The quantitative estimate of drug-likeness (QED) is 0.113. The Balaban J connectivity index is 1.47. The molecule has 0 aromatic heterocycles. The van der Waals surface area contributed by atoms with E-state index in [-0.39, 0.29) is 0 Å². The average Bonchev–Trinajstić information content (AvgIpc) is 3.19. The van der Waals surface area contributed by atoms with Gasteiger partial charge in [0.15, 0.2) is 31.5 Å². The number of nitrogens with one attached hydrogen (secondary N) is 2. The van der Waals surface area contributed by atoms with Crippen molar-refractivity contribution in [2.24, 2.45) is 0 Å². The smallest absolute Gasteiger partial charge is 0.217 e. The summed E-state index contributed by atoms with van der Waals surface area (Å²) in [6.45, 7) is 2.41. The van der Waals surface area contributed by atoms with Crippen LogP contribution in [0.15, 0.2) is 0 Å². The topological polar surface area (TPSA) is 373 Å². The van der Waals surface area contributed by atoms with Gasteiger partial charge in [-0.2, -0.15) is 0 Å². The molecule has 7 aliphatic heterocycles. The fourth-order valence-electron chi connectivity index (χ4n) is 8.14. The van der Waals surface area contributed by atoms with Crippen LogP contribution in [0.1, 0.15) is 27.7 Å². The van der Waals surface area contributed by atoms with Crippen LogP contribution < -0.4 is 10.6 Å². The molecule has 25 nitrogen and oxygen atoms in total. The van der Waals surface area contributed by atoms with Crippen molar-refractivity contribution in [1.82, 2.24) is 10.6 Å². The molecule has 25 heteroatoms. The molecule has 0 spiro atoms. The first kappa shape index (κ1) is 46.6. The molecule has 59 heavy (non-hydrogen) atoms. The van der Waals surface area contributed by atoms with Crippen molar-refractivity contribution in [1.29, 1.82) is 0 Å². The van der Waals surface area contributed by atoms with E-state index < -0.39 is 185 Å². The highest BCUT2D eigenvalue weighted by Crippen LogP contribution is 2.38.